The molecule has 0 amide bonds. The summed E-state index contributed by atoms with van der Waals surface area (Å²) in [6.45, 7) is 6.43. The number of hydrogen-bond donors (Lipinski definition) is 0. The van der Waals surface area contributed by atoms with Crippen molar-refractivity contribution in [2.24, 2.45) is 5.41 Å². The molecule has 0 atom stereocenters. The van der Waals surface area contributed by atoms with Crippen LogP contribution in [0.3, 0.4) is 0 Å². The van der Waals surface area contributed by atoms with E-state index in [1.165, 1.54) is 6.07 Å². The Morgan fingerprint density at radius 2 is 1.92 bits per heavy atom. The highest BCUT2D eigenvalue weighted by atomic mass is 79.9. The molecule has 0 fully saturated rings. The number of halogens is 2. The van der Waals surface area contributed by atoms with Crippen molar-refractivity contribution in [1.82, 2.24) is 0 Å². The fourth-order valence-electron chi connectivity index (χ4n) is 1.25. The number of hydrogen-bond acceptors (Lipinski definition) is 0. The summed E-state index contributed by atoms with van der Waals surface area (Å²) >= 11 is 3.42. The summed E-state index contributed by atoms with van der Waals surface area (Å²) in [4.78, 5) is 0. The minimum absolute atomic E-state index is 0.164. The predicted molar refractivity (Wildman–Crippen MR) is 57.3 cm³/mol. The largest absolute Gasteiger partial charge is 0.207 e. The molecule has 0 unspecified atom stereocenters. The average Bonchev–Trinajstić information content (AvgIpc) is 1.94. The van der Waals surface area contributed by atoms with Gasteiger partial charge in [0.25, 0.3) is 0 Å². The quantitative estimate of drug-likeness (QED) is 0.696. The van der Waals surface area contributed by atoms with Gasteiger partial charge < -0.3 is 0 Å². The molecule has 0 aliphatic heterocycles. The van der Waals surface area contributed by atoms with E-state index in [0.717, 1.165) is 16.5 Å². The Labute approximate surface area is 87.3 Å². The third-order valence-corrected chi connectivity index (χ3v) is 2.50. The Balaban J connectivity index is 2.94. The third kappa shape index (κ3) is 3.47. The Morgan fingerprint density at radius 1 is 1.31 bits per heavy atom. The minimum Gasteiger partial charge on any atom is -0.207 e. The first-order valence-corrected chi connectivity index (χ1v) is 5.12. The molecule has 0 aromatic heterocycles. The molecule has 1 rings (SSSR count). The first-order chi connectivity index (χ1) is 5.88. The molecule has 1 aromatic carbocycles. The summed E-state index contributed by atoms with van der Waals surface area (Å²) in [6.07, 6.45) is 0.880. The highest BCUT2D eigenvalue weighted by molar-refractivity contribution is 9.10. The van der Waals surface area contributed by atoms with Crippen molar-refractivity contribution in [3.63, 3.8) is 0 Å². The summed E-state index contributed by atoms with van der Waals surface area (Å²) in [6, 6.07) is 4.82. The molecule has 0 saturated heterocycles. The Kier molecular flexibility index (Phi) is 3.12. The van der Waals surface area contributed by atoms with E-state index in [1.54, 1.807) is 12.1 Å². The molecule has 0 bridgehead atoms. The van der Waals surface area contributed by atoms with Crippen LogP contribution in [0.25, 0.3) is 0 Å². The van der Waals surface area contributed by atoms with Crippen LogP contribution in [0.1, 0.15) is 26.3 Å². The SMILES string of the molecule is CC(C)(C)Cc1cc(F)ccc1Br. The molecule has 72 valence electrons. The summed E-state index contributed by atoms with van der Waals surface area (Å²) in [5.74, 6) is -0.164. The van der Waals surface area contributed by atoms with Gasteiger partial charge in [-0.15, -0.1) is 0 Å². The summed E-state index contributed by atoms with van der Waals surface area (Å²) in [5.41, 5.74) is 1.23. The van der Waals surface area contributed by atoms with Crippen LogP contribution in [-0.4, -0.2) is 0 Å². The lowest BCUT2D eigenvalue weighted by atomic mass is 9.88. The second-order valence-corrected chi connectivity index (χ2v) is 5.33. The summed E-state index contributed by atoms with van der Waals surface area (Å²) in [5, 5.41) is 0. The Bertz CT molecular complexity index is 299. The van der Waals surface area contributed by atoms with Gasteiger partial charge in [-0.3, -0.25) is 0 Å². The molecule has 1 aromatic rings. The van der Waals surface area contributed by atoms with Crippen molar-refractivity contribution in [2.45, 2.75) is 27.2 Å². The lowest BCUT2D eigenvalue weighted by molar-refractivity contribution is 0.409. The fraction of sp³-hybridized carbons (Fsp3) is 0.455. The maximum atomic E-state index is 12.9. The van der Waals surface area contributed by atoms with Gasteiger partial charge in [-0.2, -0.15) is 0 Å². The van der Waals surface area contributed by atoms with E-state index in [9.17, 15) is 4.39 Å². The van der Waals surface area contributed by atoms with Gasteiger partial charge in [0, 0.05) is 4.47 Å². The lowest BCUT2D eigenvalue weighted by Crippen LogP contribution is -2.09. The van der Waals surface area contributed by atoms with Crippen LogP contribution in [0.2, 0.25) is 0 Å². The Hall–Kier alpha value is -0.370. The summed E-state index contributed by atoms with van der Waals surface area (Å²) in [7, 11) is 0. The Morgan fingerprint density at radius 3 is 2.46 bits per heavy atom. The average molecular weight is 245 g/mol. The van der Waals surface area contributed by atoms with Crippen LogP contribution in [0.15, 0.2) is 22.7 Å². The highest BCUT2D eigenvalue weighted by Gasteiger charge is 2.13. The first-order valence-electron chi connectivity index (χ1n) is 4.32. The van der Waals surface area contributed by atoms with Crippen LogP contribution in [-0.2, 0) is 6.42 Å². The molecule has 0 N–H and O–H groups in total. The van der Waals surface area contributed by atoms with Crippen molar-refractivity contribution in [2.75, 3.05) is 0 Å². The third-order valence-electron chi connectivity index (χ3n) is 1.73. The van der Waals surface area contributed by atoms with Crippen molar-refractivity contribution in [3.05, 3.63) is 34.1 Å². The van der Waals surface area contributed by atoms with E-state index in [2.05, 4.69) is 36.7 Å². The lowest BCUT2D eigenvalue weighted by Gasteiger charge is -2.18. The van der Waals surface area contributed by atoms with E-state index in [-0.39, 0.29) is 11.2 Å². The maximum Gasteiger partial charge on any atom is 0.123 e. The normalized spacial score (nSPS) is 11.8. The molecular formula is C11H14BrF. The highest BCUT2D eigenvalue weighted by Crippen LogP contribution is 2.26. The topological polar surface area (TPSA) is 0 Å². The maximum absolute atomic E-state index is 12.9. The first kappa shape index (κ1) is 10.7. The smallest absolute Gasteiger partial charge is 0.123 e. The zero-order chi connectivity index (χ0) is 10.1. The van der Waals surface area contributed by atoms with Crippen molar-refractivity contribution >= 4 is 15.9 Å². The molecule has 2 heteroatoms. The van der Waals surface area contributed by atoms with Crippen LogP contribution in [0, 0.1) is 11.2 Å². The zero-order valence-electron chi connectivity index (χ0n) is 8.20. The predicted octanol–water partition coefficient (Wildman–Crippen LogP) is 4.18. The van der Waals surface area contributed by atoms with Gasteiger partial charge >= 0.3 is 0 Å². The zero-order valence-corrected chi connectivity index (χ0v) is 9.78. The molecule has 0 aliphatic carbocycles. The van der Waals surface area contributed by atoms with E-state index in [4.69, 9.17) is 0 Å². The molecule has 0 spiro atoms. The summed E-state index contributed by atoms with van der Waals surface area (Å²) < 4.78 is 13.9. The van der Waals surface area contributed by atoms with E-state index in [0.29, 0.717) is 0 Å². The van der Waals surface area contributed by atoms with E-state index in [1.807, 2.05) is 0 Å². The molecule has 0 nitrogen and oxygen atoms in total. The van der Waals surface area contributed by atoms with E-state index < -0.39 is 0 Å². The minimum atomic E-state index is -0.164. The van der Waals surface area contributed by atoms with Crippen molar-refractivity contribution in [3.8, 4) is 0 Å². The van der Waals surface area contributed by atoms with Gasteiger partial charge in [0.05, 0.1) is 0 Å². The van der Waals surface area contributed by atoms with Gasteiger partial charge in [0.2, 0.25) is 0 Å². The van der Waals surface area contributed by atoms with E-state index >= 15 is 0 Å². The van der Waals surface area contributed by atoms with Gasteiger partial charge in [-0.1, -0.05) is 36.7 Å². The molecule has 0 radical (unpaired) electrons. The standard InChI is InChI=1S/C11H14BrF/c1-11(2,3)7-8-6-9(13)4-5-10(8)12/h4-6H,7H2,1-3H3. The molecule has 0 aliphatic rings. The fourth-order valence-corrected chi connectivity index (χ4v) is 1.64. The van der Waals surface area contributed by atoms with Crippen LogP contribution < -0.4 is 0 Å². The molecular weight excluding hydrogens is 231 g/mol. The van der Waals surface area contributed by atoms with Crippen molar-refractivity contribution in [1.29, 1.82) is 0 Å². The van der Waals surface area contributed by atoms with Gasteiger partial charge in [0.1, 0.15) is 5.82 Å². The van der Waals surface area contributed by atoms with Crippen LogP contribution in [0.5, 0.6) is 0 Å². The second-order valence-electron chi connectivity index (χ2n) is 4.47. The molecule has 13 heavy (non-hydrogen) atoms. The van der Waals surface area contributed by atoms with Gasteiger partial charge in [0.15, 0.2) is 0 Å². The van der Waals surface area contributed by atoms with Gasteiger partial charge in [-0.25, -0.2) is 4.39 Å². The van der Waals surface area contributed by atoms with Crippen LogP contribution in [0.4, 0.5) is 4.39 Å². The monoisotopic (exact) mass is 244 g/mol. The second kappa shape index (κ2) is 3.79. The van der Waals surface area contributed by atoms with Gasteiger partial charge in [-0.05, 0) is 35.6 Å². The number of benzene rings is 1. The van der Waals surface area contributed by atoms with Crippen LogP contribution >= 0.6 is 15.9 Å². The molecule has 0 saturated carbocycles. The molecule has 0 heterocycles. The number of rotatable bonds is 1. The van der Waals surface area contributed by atoms with Crippen molar-refractivity contribution < 1.29 is 4.39 Å².